The maximum absolute atomic E-state index is 12.3. The van der Waals surface area contributed by atoms with Crippen molar-refractivity contribution in [2.45, 2.75) is 32.9 Å². The van der Waals surface area contributed by atoms with Gasteiger partial charge in [-0.1, -0.05) is 6.07 Å². The number of carbonyl (C=O) groups excluding carboxylic acids is 1. The highest BCUT2D eigenvalue weighted by molar-refractivity contribution is 5.76. The van der Waals surface area contributed by atoms with E-state index in [1.54, 1.807) is 6.20 Å². The number of pyridine rings is 1. The molecule has 1 fully saturated rings. The van der Waals surface area contributed by atoms with E-state index in [0.29, 0.717) is 6.42 Å². The molecule has 6 nitrogen and oxygen atoms in total. The maximum atomic E-state index is 12.3. The minimum atomic E-state index is 0.269. The summed E-state index contributed by atoms with van der Waals surface area (Å²) >= 11 is 0. The van der Waals surface area contributed by atoms with Crippen molar-refractivity contribution >= 4 is 5.91 Å². The van der Waals surface area contributed by atoms with Crippen molar-refractivity contribution in [1.29, 1.82) is 0 Å². The molecule has 0 bridgehead atoms. The van der Waals surface area contributed by atoms with Gasteiger partial charge in [-0.2, -0.15) is 0 Å². The molecule has 0 N–H and O–H groups in total. The highest BCUT2D eigenvalue weighted by Crippen LogP contribution is 2.09. The second kappa shape index (κ2) is 8.06. The van der Waals surface area contributed by atoms with E-state index in [-0.39, 0.29) is 5.91 Å². The van der Waals surface area contributed by atoms with Crippen LogP contribution in [0.1, 0.15) is 24.4 Å². The summed E-state index contributed by atoms with van der Waals surface area (Å²) in [5, 5.41) is 0. The van der Waals surface area contributed by atoms with Crippen molar-refractivity contribution < 1.29 is 4.79 Å². The largest absolute Gasteiger partial charge is 0.340 e. The number of rotatable bonds is 6. The molecule has 0 radical (unpaired) electrons. The number of aryl methyl sites for hydroxylation is 2. The first-order valence-corrected chi connectivity index (χ1v) is 8.60. The Bertz CT molecular complexity index is 646. The first-order chi connectivity index (χ1) is 11.7. The van der Waals surface area contributed by atoms with E-state index in [0.717, 1.165) is 57.2 Å². The van der Waals surface area contributed by atoms with Crippen molar-refractivity contribution in [2.75, 3.05) is 26.2 Å². The second-order valence-electron chi connectivity index (χ2n) is 6.25. The van der Waals surface area contributed by atoms with E-state index in [4.69, 9.17) is 0 Å². The molecule has 6 heteroatoms. The third kappa shape index (κ3) is 4.41. The number of imidazole rings is 1. The van der Waals surface area contributed by atoms with Gasteiger partial charge in [0, 0.05) is 64.3 Å². The summed E-state index contributed by atoms with van der Waals surface area (Å²) in [5.41, 5.74) is 1.09. The van der Waals surface area contributed by atoms with E-state index in [9.17, 15) is 4.79 Å². The molecule has 0 aromatic carbocycles. The lowest BCUT2D eigenvalue weighted by Crippen LogP contribution is -2.48. The van der Waals surface area contributed by atoms with Gasteiger partial charge in [-0.05, 0) is 25.5 Å². The highest BCUT2D eigenvalue weighted by Gasteiger charge is 2.20. The Balaban J connectivity index is 1.38. The van der Waals surface area contributed by atoms with Crippen LogP contribution in [0.3, 0.4) is 0 Å². The summed E-state index contributed by atoms with van der Waals surface area (Å²) < 4.78 is 2.10. The molecule has 1 aliphatic heterocycles. The number of amides is 1. The molecule has 1 aliphatic rings. The highest BCUT2D eigenvalue weighted by atomic mass is 16.2. The standard InChI is InChI=1S/C18H25N5O/c1-16-19-8-10-22(16)9-4-6-18(24)23-13-11-21(12-14-23)15-17-5-2-3-7-20-17/h2-3,5,7-8,10H,4,6,9,11-15H2,1H3. The van der Waals surface area contributed by atoms with Crippen LogP contribution >= 0.6 is 0 Å². The molecule has 3 rings (SSSR count). The van der Waals surface area contributed by atoms with E-state index in [1.165, 1.54) is 0 Å². The van der Waals surface area contributed by atoms with Gasteiger partial charge in [-0.15, -0.1) is 0 Å². The summed E-state index contributed by atoms with van der Waals surface area (Å²) in [6.45, 7) is 7.18. The van der Waals surface area contributed by atoms with Crippen LogP contribution in [0.25, 0.3) is 0 Å². The lowest BCUT2D eigenvalue weighted by molar-refractivity contribution is -0.133. The van der Waals surface area contributed by atoms with Gasteiger partial charge in [0.05, 0.1) is 5.69 Å². The van der Waals surface area contributed by atoms with Gasteiger partial charge in [0.15, 0.2) is 0 Å². The fourth-order valence-electron chi connectivity index (χ4n) is 3.07. The first-order valence-electron chi connectivity index (χ1n) is 8.60. The van der Waals surface area contributed by atoms with Crippen LogP contribution in [0.2, 0.25) is 0 Å². The quantitative estimate of drug-likeness (QED) is 0.810. The minimum Gasteiger partial charge on any atom is -0.340 e. The Kier molecular flexibility index (Phi) is 5.59. The fraction of sp³-hybridized carbons (Fsp3) is 0.500. The van der Waals surface area contributed by atoms with Crippen LogP contribution < -0.4 is 0 Å². The molecule has 0 saturated carbocycles. The zero-order valence-corrected chi connectivity index (χ0v) is 14.3. The number of hydrogen-bond acceptors (Lipinski definition) is 4. The summed E-state index contributed by atoms with van der Waals surface area (Å²) in [6.07, 6.45) is 7.08. The number of nitrogens with zero attached hydrogens (tertiary/aromatic N) is 5. The number of aromatic nitrogens is 3. The first kappa shape index (κ1) is 16.6. The average Bonchev–Trinajstić information content (AvgIpc) is 3.01. The average molecular weight is 327 g/mol. The summed E-state index contributed by atoms with van der Waals surface area (Å²) in [4.78, 5) is 25.3. The van der Waals surface area contributed by atoms with Gasteiger partial charge >= 0.3 is 0 Å². The van der Waals surface area contributed by atoms with E-state index in [1.807, 2.05) is 36.4 Å². The van der Waals surface area contributed by atoms with Crippen LogP contribution in [0, 0.1) is 6.92 Å². The Morgan fingerprint density at radius 3 is 2.62 bits per heavy atom. The molecule has 0 aliphatic carbocycles. The van der Waals surface area contributed by atoms with Crippen molar-refractivity contribution in [3.63, 3.8) is 0 Å². The molecule has 3 heterocycles. The predicted molar refractivity (Wildman–Crippen MR) is 92.3 cm³/mol. The molecular weight excluding hydrogens is 302 g/mol. The normalized spacial score (nSPS) is 15.6. The van der Waals surface area contributed by atoms with Crippen molar-refractivity contribution in [1.82, 2.24) is 24.3 Å². The monoisotopic (exact) mass is 327 g/mol. The third-order valence-corrected chi connectivity index (χ3v) is 4.55. The van der Waals surface area contributed by atoms with E-state index < -0.39 is 0 Å². The Morgan fingerprint density at radius 2 is 1.96 bits per heavy atom. The van der Waals surface area contributed by atoms with Gasteiger partial charge in [0.2, 0.25) is 5.91 Å². The lowest BCUT2D eigenvalue weighted by Gasteiger charge is -2.34. The van der Waals surface area contributed by atoms with Crippen molar-refractivity contribution in [3.8, 4) is 0 Å². The van der Waals surface area contributed by atoms with Crippen LogP contribution in [-0.4, -0.2) is 56.4 Å². The maximum Gasteiger partial charge on any atom is 0.222 e. The van der Waals surface area contributed by atoms with Gasteiger partial charge in [-0.3, -0.25) is 14.7 Å². The molecule has 0 unspecified atom stereocenters. The molecule has 2 aromatic rings. The minimum absolute atomic E-state index is 0.269. The van der Waals surface area contributed by atoms with Crippen LogP contribution in [0.5, 0.6) is 0 Å². The van der Waals surface area contributed by atoms with E-state index >= 15 is 0 Å². The number of piperazine rings is 1. The van der Waals surface area contributed by atoms with Gasteiger partial charge in [-0.25, -0.2) is 4.98 Å². The molecular formula is C18H25N5O. The summed E-state index contributed by atoms with van der Waals surface area (Å²) in [5.74, 6) is 1.27. The Hall–Kier alpha value is -2.21. The third-order valence-electron chi connectivity index (χ3n) is 4.55. The summed E-state index contributed by atoms with van der Waals surface area (Å²) in [6, 6.07) is 6.01. The topological polar surface area (TPSA) is 54.3 Å². The number of carbonyl (C=O) groups is 1. The Labute approximate surface area is 143 Å². The second-order valence-corrected chi connectivity index (χ2v) is 6.25. The number of hydrogen-bond donors (Lipinski definition) is 0. The molecule has 0 spiro atoms. The summed E-state index contributed by atoms with van der Waals surface area (Å²) in [7, 11) is 0. The fourth-order valence-corrected chi connectivity index (χ4v) is 3.07. The molecule has 2 aromatic heterocycles. The van der Waals surface area contributed by atoms with Crippen LogP contribution in [0.15, 0.2) is 36.8 Å². The van der Waals surface area contributed by atoms with Crippen LogP contribution in [-0.2, 0) is 17.9 Å². The molecule has 0 atom stereocenters. The smallest absolute Gasteiger partial charge is 0.222 e. The SMILES string of the molecule is Cc1nccn1CCCC(=O)N1CCN(Cc2ccccn2)CC1. The van der Waals surface area contributed by atoms with E-state index in [2.05, 4.69) is 25.5 Å². The molecule has 1 saturated heterocycles. The zero-order chi connectivity index (χ0) is 16.8. The van der Waals surface area contributed by atoms with Crippen LogP contribution in [0.4, 0.5) is 0 Å². The molecule has 1 amide bonds. The zero-order valence-electron chi connectivity index (χ0n) is 14.3. The van der Waals surface area contributed by atoms with Gasteiger partial charge in [0.1, 0.15) is 5.82 Å². The van der Waals surface area contributed by atoms with Gasteiger partial charge in [0.25, 0.3) is 0 Å². The van der Waals surface area contributed by atoms with Crippen molar-refractivity contribution in [3.05, 3.63) is 48.3 Å². The lowest BCUT2D eigenvalue weighted by atomic mass is 10.2. The van der Waals surface area contributed by atoms with Crippen molar-refractivity contribution in [2.24, 2.45) is 0 Å². The molecule has 128 valence electrons. The Morgan fingerprint density at radius 1 is 1.12 bits per heavy atom. The predicted octanol–water partition coefficient (Wildman–Crippen LogP) is 1.71. The van der Waals surface area contributed by atoms with Gasteiger partial charge < -0.3 is 9.47 Å². The molecule has 24 heavy (non-hydrogen) atoms.